The Kier molecular flexibility index (Phi) is 6.39. The van der Waals surface area contributed by atoms with E-state index in [-0.39, 0.29) is 5.91 Å². The molecule has 1 fully saturated rings. The molecule has 6 heteroatoms. The molecule has 28 heavy (non-hydrogen) atoms. The number of ether oxygens (including phenoxy) is 2. The molecule has 0 aliphatic heterocycles. The molecule has 1 aliphatic carbocycles. The van der Waals surface area contributed by atoms with E-state index < -0.39 is 11.4 Å². The van der Waals surface area contributed by atoms with E-state index in [4.69, 9.17) is 9.47 Å². The highest BCUT2D eigenvalue weighted by molar-refractivity contribution is 9.10. The highest BCUT2D eigenvalue weighted by atomic mass is 79.9. The minimum atomic E-state index is -0.488. The number of hydrogen-bond donors (Lipinski definition) is 1. The van der Waals surface area contributed by atoms with Crippen molar-refractivity contribution in [1.82, 2.24) is 5.32 Å². The molecule has 1 aliphatic rings. The number of carbonyl (C=O) groups is 2. The van der Waals surface area contributed by atoms with Crippen LogP contribution in [0.3, 0.4) is 0 Å². The van der Waals surface area contributed by atoms with E-state index in [1.165, 1.54) is 14.2 Å². The molecule has 2 aromatic rings. The normalized spacial score (nSPS) is 15.1. The fraction of sp³-hybridized carbons (Fsp3) is 0.364. The first-order valence-electron chi connectivity index (χ1n) is 9.30. The van der Waals surface area contributed by atoms with Crippen molar-refractivity contribution >= 4 is 27.8 Å². The Morgan fingerprint density at radius 2 is 1.75 bits per heavy atom. The van der Waals surface area contributed by atoms with E-state index in [0.717, 1.165) is 41.3 Å². The Labute approximate surface area is 173 Å². The number of rotatable bonds is 6. The van der Waals surface area contributed by atoms with Gasteiger partial charge in [0.15, 0.2) is 0 Å². The van der Waals surface area contributed by atoms with Crippen molar-refractivity contribution in [2.24, 2.45) is 0 Å². The molecule has 0 unspecified atom stereocenters. The molecule has 3 rings (SSSR count). The van der Waals surface area contributed by atoms with Gasteiger partial charge in [0.1, 0.15) is 11.3 Å². The maximum atomic E-state index is 13.2. The maximum Gasteiger partial charge on any atom is 0.341 e. The monoisotopic (exact) mass is 445 g/mol. The van der Waals surface area contributed by atoms with Gasteiger partial charge in [-0.2, -0.15) is 0 Å². The van der Waals surface area contributed by atoms with Gasteiger partial charge in [-0.15, -0.1) is 0 Å². The van der Waals surface area contributed by atoms with Crippen LogP contribution in [0.2, 0.25) is 0 Å². The number of benzene rings is 2. The summed E-state index contributed by atoms with van der Waals surface area (Å²) < 4.78 is 11.0. The van der Waals surface area contributed by atoms with E-state index in [9.17, 15) is 9.59 Å². The second-order valence-electron chi connectivity index (χ2n) is 7.01. The Morgan fingerprint density at radius 1 is 1.07 bits per heavy atom. The molecule has 1 amide bonds. The van der Waals surface area contributed by atoms with Gasteiger partial charge in [-0.1, -0.05) is 47.0 Å². The SMILES string of the molecule is COC(=O)c1cc(CNC(=O)C2(c3ccc(Br)cc3)CCCC2)ccc1OC. The standard InChI is InChI=1S/C22H24BrNO4/c1-27-19-10-5-15(13-18(19)20(25)28-2)14-24-21(26)22(11-3-4-12-22)16-6-8-17(23)9-7-16/h5-10,13H,3-4,11-12,14H2,1-2H3,(H,24,26). The molecule has 2 aromatic carbocycles. The van der Waals surface area contributed by atoms with Crippen LogP contribution in [0.25, 0.3) is 0 Å². The van der Waals surface area contributed by atoms with E-state index in [2.05, 4.69) is 21.2 Å². The lowest BCUT2D eigenvalue weighted by Crippen LogP contribution is -2.42. The second kappa shape index (κ2) is 8.78. The zero-order chi connectivity index (χ0) is 20.1. The number of methoxy groups -OCH3 is 2. The Hall–Kier alpha value is -2.34. The fourth-order valence-corrected chi connectivity index (χ4v) is 4.14. The molecule has 0 heterocycles. The number of carbonyl (C=O) groups excluding carboxylic acids is 2. The van der Waals surface area contributed by atoms with E-state index in [0.29, 0.717) is 17.9 Å². The molecule has 0 spiro atoms. The summed E-state index contributed by atoms with van der Waals surface area (Å²) in [4.78, 5) is 25.1. The molecule has 148 valence electrons. The van der Waals surface area contributed by atoms with Gasteiger partial charge in [0.2, 0.25) is 5.91 Å². The topological polar surface area (TPSA) is 64.6 Å². The van der Waals surface area contributed by atoms with Gasteiger partial charge in [0.05, 0.1) is 19.6 Å². The van der Waals surface area contributed by atoms with Crippen LogP contribution in [0, 0.1) is 0 Å². The Balaban J connectivity index is 1.78. The van der Waals surface area contributed by atoms with Gasteiger partial charge in [-0.25, -0.2) is 4.79 Å². The summed E-state index contributed by atoms with van der Waals surface area (Å²) in [6.45, 7) is 0.338. The summed E-state index contributed by atoms with van der Waals surface area (Å²) in [6, 6.07) is 13.3. The Bertz CT molecular complexity index is 857. The highest BCUT2D eigenvalue weighted by Gasteiger charge is 2.42. The first kappa shape index (κ1) is 20.4. The molecule has 0 atom stereocenters. The molecule has 1 saturated carbocycles. The van der Waals surface area contributed by atoms with Gasteiger partial charge in [0, 0.05) is 11.0 Å². The fourth-order valence-electron chi connectivity index (χ4n) is 3.88. The van der Waals surface area contributed by atoms with Crippen LogP contribution in [0.1, 0.15) is 47.2 Å². The summed E-state index contributed by atoms with van der Waals surface area (Å²) in [5, 5.41) is 3.07. The largest absolute Gasteiger partial charge is 0.496 e. The van der Waals surface area contributed by atoms with Crippen molar-refractivity contribution in [2.75, 3.05) is 14.2 Å². The Morgan fingerprint density at radius 3 is 2.36 bits per heavy atom. The van der Waals surface area contributed by atoms with E-state index >= 15 is 0 Å². The number of hydrogen-bond acceptors (Lipinski definition) is 4. The predicted octanol–water partition coefficient (Wildman–Crippen LogP) is 4.37. The van der Waals surface area contributed by atoms with Crippen LogP contribution in [0.4, 0.5) is 0 Å². The lowest BCUT2D eigenvalue weighted by Gasteiger charge is -2.28. The average Bonchev–Trinajstić information content (AvgIpc) is 3.23. The number of amides is 1. The smallest absolute Gasteiger partial charge is 0.341 e. The van der Waals surface area contributed by atoms with Gasteiger partial charge in [0.25, 0.3) is 0 Å². The zero-order valence-corrected chi connectivity index (χ0v) is 17.7. The van der Waals surface area contributed by atoms with Crippen molar-refractivity contribution in [2.45, 2.75) is 37.6 Å². The van der Waals surface area contributed by atoms with Gasteiger partial charge < -0.3 is 14.8 Å². The third-order valence-electron chi connectivity index (χ3n) is 5.41. The predicted molar refractivity (Wildman–Crippen MR) is 110 cm³/mol. The molecular formula is C22H24BrNO4. The maximum absolute atomic E-state index is 13.2. The van der Waals surface area contributed by atoms with Crippen molar-refractivity contribution in [3.05, 3.63) is 63.6 Å². The van der Waals surface area contributed by atoms with Crippen molar-refractivity contribution in [1.29, 1.82) is 0 Å². The summed E-state index contributed by atoms with van der Waals surface area (Å²) in [5.74, 6) is 0.0129. The minimum Gasteiger partial charge on any atom is -0.496 e. The van der Waals surface area contributed by atoms with E-state index in [1.807, 2.05) is 30.3 Å². The van der Waals surface area contributed by atoms with Crippen LogP contribution in [-0.4, -0.2) is 26.1 Å². The summed E-state index contributed by atoms with van der Waals surface area (Å²) in [6.07, 6.45) is 3.77. The van der Waals surface area contributed by atoms with Crippen LogP contribution in [-0.2, 0) is 21.5 Å². The molecule has 0 saturated heterocycles. The number of esters is 1. The minimum absolute atomic E-state index is 0.0303. The molecule has 0 radical (unpaired) electrons. The van der Waals surface area contributed by atoms with Gasteiger partial charge in [-0.05, 0) is 48.2 Å². The lowest BCUT2D eigenvalue weighted by molar-refractivity contribution is -0.126. The van der Waals surface area contributed by atoms with Crippen molar-refractivity contribution in [3.8, 4) is 5.75 Å². The lowest BCUT2D eigenvalue weighted by atomic mass is 9.78. The molecule has 1 N–H and O–H groups in total. The van der Waals surface area contributed by atoms with Crippen molar-refractivity contribution in [3.63, 3.8) is 0 Å². The third kappa shape index (κ3) is 4.07. The van der Waals surface area contributed by atoms with Crippen molar-refractivity contribution < 1.29 is 19.1 Å². The third-order valence-corrected chi connectivity index (χ3v) is 5.94. The van der Waals surface area contributed by atoms with E-state index in [1.54, 1.807) is 12.1 Å². The van der Waals surface area contributed by atoms with Gasteiger partial charge >= 0.3 is 5.97 Å². The second-order valence-corrected chi connectivity index (χ2v) is 7.92. The summed E-state index contributed by atoms with van der Waals surface area (Å²) in [7, 11) is 2.84. The van der Waals surface area contributed by atoms with Crippen LogP contribution in [0.5, 0.6) is 5.75 Å². The molecular weight excluding hydrogens is 422 g/mol. The summed E-state index contributed by atoms with van der Waals surface area (Å²) in [5.41, 5.74) is 1.73. The average molecular weight is 446 g/mol. The molecule has 0 bridgehead atoms. The number of halogens is 1. The quantitative estimate of drug-likeness (QED) is 0.670. The first-order valence-corrected chi connectivity index (χ1v) is 10.1. The van der Waals surface area contributed by atoms with Crippen LogP contribution >= 0.6 is 15.9 Å². The molecule has 0 aromatic heterocycles. The molecule has 5 nitrogen and oxygen atoms in total. The highest BCUT2D eigenvalue weighted by Crippen LogP contribution is 2.41. The van der Waals surface area contributed by atoms with Crippen LogP contribution in [0.15, 0.2) is 46.9 Å². The van der Waals surface area contributed by atoms with Crippen LogP contribution < -0.4 is 10.1 Å². The van der Waals surface area contributed by atoms with Gasteiger partial charge in [-0.3, -0.25) is 4.79 Å². The first-order chi connectivity index (χ1) is 13.5. The zero-order valence-electron chi connectivity index (χ0n) is 16.1. The summed E-state index contributed by atoms with van der Waals surface area (Å²) >= 11 is 3.46. The number of nitrogens with one attached hydrogen (secondary N) is 1.